The number of rotatable bonds is 1. The summed E-state index contributed by atoms with van der Waals surface area (Å²) >= 11 is 0. The fourth-order valence-corrected chi connectivity index (χ4v) is 3.51. The van der Waals surface area contributed by atoms with Gasteiger partial charge in [-0.1, -0.05) is 6.07 Å². The van der Waals surface area contributed by atoms with Crippen LogP contribution in [0.4, 0.5) is 0 Å². The maximum atomic E-state index is 12.5. The van der Waals surface area contributed by atoms with Gasteiger partial charge in [0.2, 0.25) is 0 Å². The standard InChI is InChI=1S/C15H20N2O3/c16-11-5-4-9-7-17(8-10(9)6-11)15(20)12-2-1-3-13(18)14(12)19/h1-3,9-11,18-19H,4-8,16H2/t9-,10+,11?/m1/s1. The van der Waals surface area contributed by atoms with Crippen LogP contribution in [-0.4, -0.2) is 40.2 Å². The van der Waals surface area contributed by atoms with Gasteiger partial charge in [-0.3, -0.25) is 4.79 Å². The minimum Gasteiger partial charge on any atom is -0.504 e. The number of likely N-dealkylation sites (tertiary alicyclic amines) is 1. The zero-order chi connectivity index (χ0) is 14.3. The normalized spacial score (nSPS) is 29.2. The van der Waals surface area contributed by atoms with E-state index in [-0.39, 0.29) is 29.0 Å². The molecule has 20 heavy (non-hydrogen) atoms. The van der Waals surface area contributed by atoms with Gasteiger partial charge in [-0.15, -0.1) is 0 Å². The van der Waals surface area contributed by atoms with Gasteiger partial charge in [0.15, 0.2) is 11.5 Å². The molecule has 1 aliphatic carbocycles. The lowest BCUT2D eigenvalue weighted by Crippen LogP contribution is -2.32. The summed E-state index contributed by atoms with van der Waals surface area (Å²) in [5.41, 5.74) is 6.16. The summed E-state index contributed by atoms with van der Waals surface area (Å²) in [5.74, 6) is 0.209. The molecule has 2 fully saturated rings. The van der Waals surface area contributed by atoms with E-state index >= 15 is 0 Å². The molecule has 0 spiro atoms. The maximum absolute atomic E-state index is 12.5. The lowest BCUT2D eigenvalue weighted by Gasteiger charge is -2.27. The van der Waals surface area contributed by atoms with E-state index in [2.05, 4.69) is 0 Å². The van der Waals surface area contributed by atoms with E-state index in [1.54, 1.807) is 17.0 Å². The van der Waals surface area contributed by atoms with E-state index in [1.807, 2.05) is 0 Å². The van der Waals surface area contributed by atoms with Crippen LogP contribution in [0.15, 0.2) is 18.2 Å². The van der Waals surface area contributed by atoms with Gasteiger partial charge in [0, 0.05) is 19.1 Å². The van der Waals surface area contributed by atoms with Crippen molar-refractivity contribution in [2.24, 2.45) is 17.6 Å². The molecule has 5 heteroatoms. The third kappa shape index (κ3) is 2.22. The van der Waals surface area contributed by atoms with Crippen molar-refractivity contribution in [2.45, 2.75) is 25.3 Å². The van der Waals surface area contributed by atoms with E-state index in [1.165, 1.54) is 6.07 Å². The third-order valence-corrected chi connectivity index (χ3v) is 4.62. The van der Waals surface area contributed by atoms with Crippen molar-refractivity contribution in [3.63, 3.8) is 0 Å². The lowest BCUT2D eigenvalue weighted by molar-refractivity contribution is 0.0780. The summed E-state index contributed by atoms with van der Waals surface area (Å²) in [4.78, 5) is 14.2. The fourth-order valence-electron chi connectivity index (χ4n) is 3.51. The number of phenolic OH excluding ortho intramolecular Hbond substituents is 2. The van der Waals surface area contributed by atoms with Crippen LogP contribution in [-0.2, 0) is 0 Å². The molecule has 2 aliphatic rings. The van der Waals surface area contributed by atoms with Gasteiger partial charge in [0.05, 0.1) is 5.56 Å². The fraction of sp³-hybridized carbons (Fsp3) is 0.533. The predicted octanol–water partition coefficient (Wildman–Crippen LogP) is 1.30. The highest BCUT2D eigenvalue weighted by Crippen LogP contribution is 2.37. The van der Waals surface area contributed by atoms with Crippen LogP contribution in [0.1, 0.15) is 29.6 Å². The highest BCUT2D eigenvalue weighted by Gasteiger charge is 2.39. The molecule has 1 amide bonds. The molecule has 0 bridgehead atoms. The quantitative estimate of drug-likeness (QED) is 0.675. The monoisotopic (exact) mass is 276 g/mol. The van der Waals surface area contributed by atoms with Crippen LogP contribution >= 0.6 is 0 Å². The molecule has 3 atom stereocenters. The molecule has 1 saturated carbocycles. The average Bonchev–Trinajstić information content (AvgIpc) is 2.84. The van der Waals surface area contributed by atoms with Crippen LogP contribution in [0.2, 0.25) is 0 Å². The Morgan fingerprint density at radius 2 is 1.95 bits per heavy atom. The Balaban J connectivity index is 1.77. The molecule has 3 rings (SSSR count). The van der Waals surface area contributed by atoms with Crippen LogP contribution in [0, 0.1) is 11.8 Å². The lowest BCUT2D eigenvalue weighted by atomic mass is 9.79. The Labute approximate surface area is 118 Å². The Hall–Kier alpha value is -1.75. The van der Waals surface area contributed by atoms with Crippen molar-refractivity contribution in [3.8, 4) is 11.5 Å². The number of nitrogens with zero attached hydrogens (tertiary/aromatic N) is 1. The van der Waals surface area contributed by atoms with Gasteiger partial charge in [0.1, 0.15) is 0 Å². The van der Waals surface area contributed by atoms with Crippen molar-refractivity contribution in [2.75, 3.05) is 13.1 Å². The Morgan fingerprint density at radius 3 is 2.75 bits per heavy atom. The molecule has 108 valence electrons. The molecule has 1 unspecified atom stereocenters. The molecule has 1 aromatic rings. The van der Waals surface area contributed by atoms with Gasteiger partial charge >= 0.3 is 0 Å². The van der Waals surface area contributed by atoms with Gasteiger partial charge in [-0.25, -0.2) is 0 Å². The molecule has 1 aromatic carbocycles. The molecule has 1 saturated heterocycles. The van der Waals surface area contributed by atoms with Crippen LogP contribution in [0.5, 0.6) is 11.5 Å². The number of para-hydroxylation sites is 1. The number of amides is 1. The first kappa shape index (κ1) is 13.2. The second kappa shape index (κ2) is 4.98. The largest absolute Gasteiger partial charge is 0.504 e. The second-order valence-electron chi connectivity index (χ2n) is 5.98. The zero-order valence-corrected chi connectivity index (χ0v) is 11.3. The average molecular weight is 276 g/mol. The number of nitrogens with two attached hydrogens (primary N) is 1. The number of fused-ring (bicyclic) bond motifs is 1. The van der Waals surface area contributed by atoms with Crippen LogP contribution in [0.3, 0.4) is 0 Å². The molecule has 1 heterocycles. The smallest absolute Gasteiger partial charge is 0.257 e. The van der Waals surface area contributed by atoms with Crippen LogP contribution < -0.4 is 5.73 Å². The summed E-state index contributed by atoms with van der Waals surface area (Å²) in [6.07, 6.45) is 3.07. The number of benzene rings is 1. The minimum atomic E-state index is -0.330. The minimum absolute atomic E-state index is 0.174. The Bertz CT molecular complexity index is 532. The predicted molar refractivity (Wildman–Crippen MR) is 74.5 cm³/mol. The molecule has 1 aliphatic heterocycles. The zero-order valence-electron chi connectivity index (χ0n) is 11.3. The highest BCUT2D eigenvalue weighted by molar-refractivity contribution is 5.97. The van der Waals surface area contributed by atoms with Crippen molar-refractivity contribution in [1.82, 2.24) is 4.90 Å². The first-order valence-corrected chi connectivity index (χ1v) is 7.12. The van der Waals surface area contributed by atoms with Crippen molar-refractivity contribution in [3.05, 3.63) is 23.8 Å². The number of hydrogen-bond acceptors (Lipinski definition) is 4. The summed E-state index contributed by atoms with van der Waals surface area (Å²) in [6.45, 7) is 1.43. The van der Waals surface area contributed by atoms with Gasteiger partial charge in [0.25, 0.3) is 5.91 Å². The van der Waals surface area contributed by atoms with E-state index in [4.69, 9.17) is 5.73 Å². The summed E-state index contributed by atoms with van der Waals surface area (Å²) < 4.78 is 0. The molecule has 0 aromatic heterocycles. The molecular weight excluding hydrogens is 256 g/mol. The number of carbonyl (C=O) groups is 1. The van der Waals surface area contributed by atoms with E-state index in [0.29, 0.717) is 18.4 Å². The summed E-state index contributed by atoms with van der Waals surface area (Å²) in [6, 6.07) is 4.74. The van der Waals surface area contributed by atoms with Crippen molar-refractivity contribution in [1.29, 1.82) is 0 Å². The molecule has 5 nitrogen and oxygen atoms in total. The number of hydrogen-bond donors (Lipinski definition) is 3. The number of aromatic hydroxyl groups is 2. The van der Waals surface area contributed by atoms with E-state index < -0.39 is 0 Å². The van der Waals surface area contributed by atoms with E-state index in [0.717, 1.165) is 25.8 Å². The first-order valence-electron chi connectivity index (χ1n) is 7.12. The van der Waals surface area contributed by atoms with Gasteiger partial charge in [-0.05, 0) is 43.2 Å². The maximum Gasteiger partial charge on any atom is 0.257 e. The first-order chi connectivity index (χ1) is 9.56. The second-order valence-corrected chi connectivity index (χ2v) is 5.98. The Kier molecular flexibility index (Phi) is 3.30. The molecule has 4 N–H and O–H groups in total. The molecule has 0 radical (unpaired) electrons. The topological polar surface area (TPSA) is 86.8 Å². The summed E-state index contributed by atoms with van der Waals surface area (Å²) in [7, 11) is 0. The van der Waals surface area contributed by atoms with Gasteiger partial charge < -0.3 is 20.8 Å². The van der Waals surface area contributed by atoms with Crippen molar-refractivity contribution < 1.29 is 15.0 Å². The Morgan fingerprint density at radius 1 is 1.20 bits per heavy atom. The van der Waals surface area contributed by atoms with E-state index in [9.17, 15) is 15.0 Å². The third-order valence-electron chi connectivity index (χ3n) is 4.62. The van der Waals surface area contributed by atoms with Gasteiger partial charge in [-0.2, -0.15) is 0 Å². The SMILES string of the molecule is NC1CC[C@@H]2CN(C(=O)c3cccc(O)c3O)C[C@@H]2C1. The summed E-state index contributed by atoms with van der Waals surface area (Å²) in [5, 5.41) is 19.3. The van der Waals surface area contributed by atoms with Crippen molar-refractivity contribution >= 4 is 5.91 Å². The number of phenols is 2. The highest BCUT2D eigenvalue weighted by atomic mass is 16.3. The number of carbonyl (C=O) groups excluding carboxylic acids is 1. The molecular formula is C15H20N2O3. The van der Waals surface area contributed by atoms with Crippen LogP contribution in [0.25, 0.3) is 0 Å².